The number of carbonyl (C=O) groups excluding carboxylic acids is 2. The van der Waals surface area contributed by atoms with Gasteiger partial charge in [0.2, 0.25) is 5.91 Å². The number of imide groups is 1. The van der Waals surface area contributed by atoms with Gasteiger partial charge in [0.15, 0.2) is 11.5 Å². The molecule has 3 aromatic rings. The molecule has 0 spiro atoms. The molecular formula is C20H19N3O3S. The number of thioether (sulfide) groups is 1. The van der Waals surface area contributed by atoms with Crippen molar-refractivity contribution in [2.75, 3.05) is 19.0 Å². The minimum absolute atomic E-state index is 0.230. The normalized spacial score (nSPS) is 16.7. The fourth-order valence-electron chi connectivity index (χ4n) is 3.08. The number of amides is 2. The number of nitrogens with zero attached hydrogens (tertiary/aromatic N) is 2. The van der Waals surface area contributed by atoms with E-state index in [0.717, 1.165) is 39.7 Å². The van der Waals surface area contributed by atoms with Gasteiger partial charge in [0.25, 0.3) is 5.24 Å². The number of hydrogen-bond donors (Lipinski definition) is 1. The van der Waals surface area contributed by atoms with Crippen LogP contribution in [-0.4, -0.2) is 35.5 Å². The summed E-state index contributed by atoms with van der Waals surface area (Å²) in [5.74, 6) is 0.424. The van der Waals surface area contributed by atoms with Crippen molar-refractivity contribution in [2.45, 2.75) is 18.1 Å². The highest BCUT2D eigenvalue weighted by Gasteiger charge is 2.31. The monoisotopic (exact) mass is 381 g/mol. The first-order valence-electron chi connectivity index (χ1n) is 8.64. The number of oxazole rings is 1. The summed E-state index contributed by atoms with van der Waals surface area (Å²) in [6.07, 6.45) is 1.10. The van der Waals surface area contributed by atoms with Crippen molar-refractivity contribution in [3.05, 3.63) is 59.5 Å². The summed E-state index contributed by atoms with van der Waals surface area (Å²) in [5.41, 5.74) is 4.70. The number of benzene rings is 2. The second kappa shape index (κ2) is 7.08. The predicted molar refractivity (Wildman–Crippen MR) is 106 cm³/mol. The summed E-state index contributed by atoms with van der Waals surface area (Å²) >= 11 is 1.04. The molecule has 7 heteroatoms. The molecule has 1 unspecified atom stereocenters. The molecule has 0 aliphatic carbocycles. The first kappa shape index (κ1) is 17.6. The Hall–Kier alpha value is -2.80. The van der Waals surface area contributed by atoms with E-state index >= 15 is 0 Å². The van der Waals surface area contributed by atoms with Crippen molar-refractivity contribution >= 4 is 39.7 Å². The minimum atomic E-state index is -0.380. The van der Waals surface area contributed by atoms with Crippen LogP contribution in [0.15, 0.2) is 46.9 Å². The Morgan fingerprint density at radius 2 is 2.00 bits per heavy atom. The molecule has 4 rings (SSSR count). The van der Waals surface area contributed by atoms with Crippen molar-refractivity contribution in [2.24, 2.45) is 0 Å². The summed E-state index contributed by atoms with van der Waals surface area (Å²) in [6, 6.07) is 14.0. The van der Waals surface area contributed by atoms with Crippen molar-refractivity contribution in [1.29, 1.82) is 0 Å². The summed E-state index contributed by atoms with van der Waals surface area (Å²) in [4.78, 5) is 29.7. The molecule has 1 aliphatic heterocycles. The molecule has 1 atom stereocenters. The Bertz CT molecular complexity index is 1030. The standard InChI is InChI=1S/C20H19N3O3S/c1-23(2)14-5-3-4-12(8-14)11-18-21-15-9-13(6-7-16(15)26-18)10-17-19(24)22-20(25)27-17/h3-9,17H,10-11H2,1-2H3,(H,22,24,25). The van der Waals surface area contributed by atoms with E-state index in [9.17, 15) is 9.59 Å². The molecule has 1 aliphatic rings. The molecule has 2 heterocycles. The second-order valence-electron chi connectivity index (χ2n) is 6.74. The van der Waals surface area contributed by atoms with E-state index < -0.39 is 0 Å². The van der Waals surface area contributed by atoms with E-state index in [2.05, 4.69) is 33.4 Å². The van der Waals surface area contributed by atoms with Crippen LogP contribution in [0, 0.1) is 0 Å². The van der Waals surface area contributed by atoms with Gasteiger partial charge in [0.05, 0.1) is 5.25 Å². The quantitative estimate of drug-likeness (QED) is 0.730. The highest BCUT2D eigenvalue weighted by molar-refractivity contribution is 8.15. The predicted octanol–water partition coefficient (Wildman–Crippen LogP) is 3.38. The molecule has 6 nitrogen and oxygen atoms in total. The van der Waals surface area contributed by atoms with Crippen LogP contribution in [0.4, 0.5) is 10.5 Å². The van der Waals surface area contributed by atoms with Gasteiger partial charge in [-0.1, -0.05) is 30.0 Å². The van der Waals surface area contributed by atoms with E-state index in [4.69, 9.17) is 4.42 Å². The minimum Gasteiger partial charge on any atom is -0.440 e. The molecule has 1 fully saturated rings. The lowest BCUT2D eigenvalue weighted by Gasteiger charge is -2.12. The third-order valence-electron chi connectivity index (χ3n) is 4.47. The van der Waals surface area contributed by atoms with Gasteiger partial charge in [-0.3, -0.25) is 14.9 Å². The molecule has 0 saturated carbocycles. The second-order valence-corrected chi connectivity index (χ2v) is 7.91. The highest BCUT2D eigenvalue weighted by Crippen LogP contribution is 2.26. The summed E-state index contributed by atoms with van der Waals surface area (Å²) in [6.45, 7) is 0. The van der Waals surface area contributed by atoms with Gasteiger partial charge >= 0.3 is 0 Å². The number of rotatable bonds is 5. The Morgan fingerprint density at radius 3 is 2.74 bits per heavy atom. The molecule has 27 heavy (non-hydrogen) atoms. The topological polar surface area (TPSA) is 75.4 Å². The number of carbonyl (C=O) groups is 2. The molecular weight excluding hydrogens is 362 g/mol. The van der Waals surface area contributed by atoms with Crippen LogP contribution in [-0.2, 0) is 17.6 Å². The molecule has 0 radical (unpaired) electrons. The van der Waals surface area contributed by atoms with E-state index in [1.165, 1.54) is 0 Å². The van der Waals surface area contributed by atoms with Crippen LogP contribution >= 0.6 is 11.8 Å². The average molecular weight is 381 g/mol. The van der Waals surface area contributed by atoms with Gasteiger partial charge in [0, 0.05) is 26.2 Å². The van der Waals surface area contributed by atoms with Gasteiger partial charge < -0.3 is 9.32 Å². The van der Waals surface area contributed by atoms with Crippen LogP contribution in [0.5, 0.6) is 0 Å². The zero-order valence-corrected chi connectivity index (χ0v) is 15.9. The van der Waals surface area contributed by atoms with E-state index in [0.29, 0.717) is 18.7 Å². The van der Waals surface area contributed by atoms with Gasteiger partial charge in [-0.15, -0.1) is 0 Å². The van der Waals surface area contributed by atoms with E-state index in [1.807, 2.05) is 38.4 Å². The maximum atomic E-state index is 11.7. The van der Waals surface area contributed by atoms with Gasteiger partial charge in [-0.05, 0) is 41.8 Å². The van der Waals surface area contributed by atoms with Crippen molar-refractivity contribution in [1.82, 2.24) is 10.3 Å². The smallest absolute Gasteiger partial charge is 0.286 e. The summed E-state index contributed by atoms with van der Waals surface area (Å²) in [7, 11) is 4.02. The first-order valence-corrected chi connectivity index (χ1v) is 9.52. The van der Waals surface area contributed by atoms with Crippen molar-refractivity contribution in [3.63, 3.8) is 0 Å². The molecule has 1 saturated heterocycles. The maximum Gasteiger partial charge on any atom is 0.286 e. The Balaban J connectivity index is 1.53. The third-order valence-corrected chi connectivity index (χ3v) is 5.45. The Labute approximate surface area is 160 Å². The zero-order valence-electron chi connectivity index (χ0n) is 15.1. The van der Waals surface area contributed by atoms with Gasteiger partial charge in [0.1, 0.15) is 5.52 Å². The molecule has 2 amide bonds. The van der Waals surface area contributed by atoms with Gasteiger partial charge in [-0.25, -0.2) is 4.98 Å². The first-order chi connectivity index (χ1) is 13.0. The highest BCUT2D eigenvalue weighted by atomic mass is 32.2. The fourth-order valence-corrected chi connectivity index (χ4v) is 3.94. The van der Waals surface area contributed by atoms with E-state index in [1.54, 1.807) is 0 Å². The lowest BCUT2D eigenvalue weighted by atomic mass is 10.1. The fraction of sp³-hybridized carbons (Fsp3) is 0.250. The van der Waals surface area contributed by atoms with Crippen LogP contribution in [0.25, 0.3) is 11.1 Å². The van der Waals surface area contributed by atoms with Crippen molar-refractivity contribution in [3.8, 4) is 0 Å². The Morgan fingerprint density at radius 1 is 1.15 bits per heavy atom. The van der Waals surface area contributed by atoms with E-state index in [-0.39, 0.29) is 16.4 Å². The Kier molecular flexibility index (Phi) is 4.61. The SMILES string of the molecule is CN(C)c1cccc(Cc2nc3cc(CC4SC(=O)NC4=O)ccc3o2)c1. The molecule has 0 bridgehead atoms. The van der Waals surface area contributed by atoms with Crippen LogP contribution < -0.4 is 10.2 Å². The van der Waals surface area contributed by atoms with Crippen LogP contribution in [0.3, 0.4) is 0 Å². The lowest BCUT2D eigenvalue weighted by molar-refractivity contribution is -0.118. The molecule has 1 N–H and O–H groups in total. The largest absolute Gasteiger partial charge is 0.440 e. The number of fused-ring (bicyclic) bond motifs is 1. The van der Waals surface area contributed by atoms with Crippen LogP contribution in [0.1, 0.15) is 17.0 Å². The number of anilines is 1. The summed E-state index contributed by atoms with van der Waals surface area (Å²) < 4.78 is 5.87. The average Bonchev–Trinajstić information content (AvgIpc) is 3.16. The van der Waals surface area contributed by atoms with Crippen molar-refractivity contribution < 1.29 is 14.0 Å². The maximum absolute atomic E-state index is 11.7. The summed E-state index contributed by atoms with van der Waals surface area (Å²) in [5, 5.41) is 1.65. The van der Waals surface area contributed by atoms with Crippen LogP contribution in [0.2, 0.25) is 0 Å². The molecule has 2 aromatic carbocycles. The number of nitrogens with one attached hydrogen (secondary N) is 1. The molecule has 1 aromatic heterocycles. The number of aromatic nitrogens is 1. The lowest BCUT2D eigenvalue weighted by Crippen LogP contribution is -2.25. The zero-order chi connectivity index (χ0) is 19.0. The third kappa shape index (κ3) is 3.83. The molecule has 138 valence electrons. The van der Waals surface area contributed by atoms with Gasteiger partial charge in [-0.2, -0.15) is 0 Å². The number of hydrogen-bond acceptors (Lipinski definition) is 6.